The van der Waals surface area contributed by atoms with Crippen LogP contribution in [0.1, 0.15) is 32.3 Å². The molecule has 1 aromatic rings. The highest BCUT2D eigenvalue weighted by Gasteiger charge is 2.22. The Morgan fingerprint density at radius 1 is 1.30 bits per heavy atom. The van der Waals surface area contributed by atoms with E-state index >= 15 is 0 Å². The van der Waals surface area contributed by atoms with Crippen LogP contribution in [0.25, 0.3) is 0 Å². The Kier molecular flexibility index (Phi) is 6.29. The monoisotopic (exact) mass is 302 g/mol. The first-order chi connectivity index (χ1) is 9.47. The average Bonchev–Trinajstić information content (AvgIpc) is 2.42. The predicted octanol–water partition coefficient (Wildman–Crippen LogP) is 2.59. The molecule has 0 aromatic heterocycles. The van der Waals surface area contributed by atoms with Crippen LogP contribution < -0.4 is 10.6 Å². The van der Waals surface area contributed by atoms with Gasteiger partial charge in [0, 0.05) is 18.2 Å². The maximum Gasteiger partial charge on any atom is 0.182 e. The molecular weight excluding hydrogens is 282 g/mol. The van der Waals surface area contributed by atoms with Crippen LogP contribution in [0, 0.1) is 11.6 Å². The van der Waals surface area contributed by atoms with Crippen LogP contribution in [0.4, 0.5) is 14.5 Å². The van der Waals surface area contributed by atoms with Gasteiger partial charge < -0.3 is 15.7 Å². The zero-order chi connectivity index (χ0) is 15.3. The number of halogens is 2. The highest BCUT2D eigenvalue weighted by molar-refractivity contribution is 7.80. The topological polar surface area (TPSA) is 49.5 Å². The molecule has 3 N–H and O–H groups in total. The molecular formula is C14H20F2N2OS. The molecule has 1 aromatic carbocycles. The number of thiocarbonyl (C=S) groups is 1. The normalized spacial score (nSPS) is 10.9. The molecule has 0 aliphatic carbocycles. The molecule has 0 aliphatic heterocycles. The molecule has 0 heterocycles. The molecule has 20 heavy (non-hydrogen) atoms. The molecule has 0 fully saturated rings. The molecule has 6 heteroatoms. The second-order valence-corrected chi connectivity index (χ2v) is 4.95. The first kappa shape index (κ1) is 16.8. The van der Waals surface area contributed by atoms with E-state index in [2.05, 4.69) is 12.2 Å². The van der Waals surface area contributed by atoms with Crippen molar-refractivity contribution in [3.05, 3.63) is 29.3 Å². The van der Waals surface area contributed by atoms with Gasteiger partial charge in [-0.05, 0) is 25.0 Å². The van der Waals surface area contributed by atoms with E-state index < -0.39 is 11.6 Å². The lowest BCUT2D eigenvalue weighted by molar-refractivity contribution is 0.295. The number of aliphatic hydroxyl groups excluding tert-OH is 1. The van der Waals surface area contributed by atoms with Crippen LogP contribution >= 0.6 is 12.2 Å². The van der Waals surface area contributed by atoms with E-state index in [-0.39, 0.29) is 35.4 Å². The van der Waals surface area contributed by atoms with Crippen molar-refractivity contribution in [2.24, 2.45) is 5.73 Å². The van der Waals surface area contributed by atoms with Crippen LogP contribution in [-0.2, 0) is 0 Å². The van der Waals surface area contributed by atoms with Gasteiger partial charge in [-0.1, -0.05) is 26.1 Å². The Balaban J connectivity index is 3.27. The van der Waals surface area contributed by atoms with Crippen LogP contribution in [0.2, 0.25) is 0 Å². The van der Waals surface area contributed by atoms with Gasteiger partial charge in [-0.25, -0.2) is 8.78 Å². The van der Waals surface area contributed by atoms with Gasteiger partial charge in [-0.15, -0.1) is 0 Å². The predicted molar refractivity (Wildman–Crippen MR) is 81.0 cm³/mol. The molecule has 0 unspecified atom stereocenters. The van der Waals surface area contributed by atoms with Crippen molar-refractivity contribution in [1.29, 1.82) is 0 Å². The fraction of sp³-hybridized carbons (Fsp3) is 0.500. The molecule has 0 saturated carbocycles. The van der Waals surface area contributed by atoms with Crippen molar-refractivity contribution < 1.29 is 13.9 Å². The highest BCUT2D eigenvalue weighted by Crippen LogP contribution is 2.27. The van der Waals surface area contributed by atoms with Gasteiger partial charge >= 0.3 is 0 Å². The lowest BCUT2D eigenvalue weighted by Gasteiger charge is -2.32. The molecule has 112 valence electrons. The molecule has 0 spiro atoms. The van der Waals surface area contributed by atoms with Crippen LogP contribution in [0.15, 0.2) is 12.1 Å². The third kappa shape index (κ3) is 3.43. The van der Waals surface area contributed by atoms with E-state index in [0.29, 0.717) is 0 Å². The minimum atomic E-state index is -1.04. The van der Waals surface area contributed by atoms with E-state index in [9.17, 15) is 8.78 Å². The molecule has 0 amide bonds. The van der Waals surface area contributed by atoms with Crippen molar-refractivity contribution in [2.75, 3.05) is 18.1 Å². The standard InChI is InChI=1S/C14H20F2N2OS/c1-3-9(4-2)18(7-8-19)11-6-5-10(14(17)20)12(15)13(11)16/h5-6,9,19H,3-4,7-8H2,1-2H3,(H2,17,20). The zero-order valence-corrected chi connectivity index (χ0v) is 12.5. The maximum atomic E-state index is 14.2. The minimum absolute atomic E-state index is 0.0340. The van der Waals surface area contributed by atoms with Gasteiger partial charge in [-0.3, -0.25) is 0 Å². The lowest BCUT2D eigenvalue weighted by Crippen LogP contribution is -2.37. The summed E-state index contributed by atoms with van der Waals surface area (Å²) in [6.45, 7) is 4.05. The first-order valence-corrected chi connectivity index (χ1v) is 7.03. The van der Waals surface area contributed by atoms with Crippen LogP contribution in [0.3, 0.4) is 0 Å². The Bertz CT molecular complexity index is 478. The van der Waals surface area contributed by atoms with E-state index in [1.165, 1.54) is 12.1 Å². The van der Waals surface area contributed by atoms with Gasteiger partial charge in [0.05, 0.1) is 12.3 Å². The number of nitrogens with zero attached hydrogens (tertiary/aromatic N) is 1. The summed E-state index contributed by atoms with van der Waals surface area (Å²) < 4.78 is 28.2. The van der Waals surface area contributed by atoms with Gasteiger partial charge in [0.2, 0.25) is 0 Å². The summed E-state index contributed by atoms with van der Waals surface area (Å²) in [5.74, 6) is -2.01. The SMILES string of the molecule is CCC(CC)N(CCO)c1ccc(C(N)=S)c(F)c1F. The quantitative estimate of drug-likeness (QED) is 0.760. The second-order valence-electron chi connectivity index (χ2n) is 4.51. The van der Waals surface area contributed by atoms with Crippen LogP contribution in [0.5, 0.6) is 0 Å². The van der Waals surface area contributed by atoms with Gasteiger partial charge in [-0.2, -0.15) is 0 Å². The molecule has 1 rings (SSSR count). The summed E-state index contributed by atoms with van der Waals surface area (Å²) in [6, 6.07) is 2.87. The molecule has 0 atom stereocenters. The number of hydrogen-bond acceptors (Lipinski definition) is 3. The van der Waals surface area contributed by atoms with E-state index in [4.69, 9.17) is 10.8 Å². The summed E-state index contributed by atoms with van der Waals surface area (Å²) in [5, 5.41) is 9.14. The smallest absolute Gasteiger partial charge is 0.182 e. The number of aliphatic hydroxyl groups is 1. The summed E-state index contributed by atoms with van der Waals surface area (Å²) >= 11 is 4.68. The lowest BCUT2D eigenvalue weighted by atomic mass is 10.1. The summed E-state index contributed by atoms with van der Waals surface area (Å²) in [7, 11) is 0. The van der Waals surface area contributed by atoms with Gasteiger partial charge in [0.25, 0.3) is 0 Å². The van der Waals surface area contributed by atoms with Gasteiger partial charge in [0.1, 0.15) is 4.99 Å². The fourth-order valence-corrected chi connectivity index (χ4v) is 2.45. The van der Waals surface area contributed by atoms with Crippen LogP contribution in [-0.4, -0.2) is 29.3 Å². The van der Waals surface area contributed by atoms with Crippen molar-refractivity contribution in [2.45, 2.75) is 32.7 Å². The van der Waals surface area contributed by atoms with Crippen molar-refractivity contribution in [1.82, 2.24) is 0 Å². The Morgan fingerprint density at radius 2 is 1.90 bits per heavy atom. The molecule has 0 saturated heterocycles. The number of anilines is 1. The third-order valence-corrected chi connectivity index (χ3v) is 3.58. The number of nitrogens with two attached hydrogens (primary N) is 1. The van der Waals surface area contributed by atoms with E-state index in [1.54, 1.807) is 4.90 Å². The first-order valence-electron chi connectivity index (χ1n) is 6.63. The maximum absolute atomic E-state index is 14.2. The fourth-order valence-electron chi connectivity index (χ4n) is 2.29. The number of rotatable bonds is 7. The average molecular weight is 302 g/mol. The summed E-state index contributed by atoms with van der Waals surface area (Å²) in [4.78, 5) is 1.51. The highest BCUT2D eigenvalue weighted by atomic mass is 32.1. The van der Waals surface area contributed by atoms with E-state index in [1.807, 2.05) is 13.8 Å². The summed E-state index contributed by atoms with van der Waals surface area (Å²) in [5.41, 5.74) is 5.38. The molecule has 0 bridgehead atoms. The Morgan fingerprint density at radius 3 is 2.35 bits per heavy atom. The van der Waals surface area contributed by atoms with Crippen molar-refractivity contribution >= 4 is 22.9 Å². The summed E-state index contributed by atoms with van der Waals surface area (Å²) in [6.07, 6.45) is 1.54. The Hall–Kier alpha value is -1.27. The second kappa shape index (κ2) is 7.50. The Labute approximate surface area is 123 Å². The number of benzene rings is 1. The van der Waals surface area contributed by atoms with Crippen molar-refractivity contribution in [3.8, 4) is 0 Å². The largest absolute Gasteiger partial charge is 0.395 e. The zero-order valence-electron chi connectivity index (χ0n) is 11.7. The van der Waals surface area contributed by atoms with Gasteiger partial charge in [0.15, 0.2) is 11.6 Å². The molecule has 3 nitrogen and oxygen atoms in total. The molecule has 0 radical (unpaired) electrons. The molecule has 0 aliphatic rings. The number of hydrogen-bond donors (Lipinski definition) is 2. The minimum Gasteiger partial charge on any atom is -0.395 e. The third-order valence-electron chi connectivity index (χ3n) is 3.36. The van der Waals surface area contributed by atoms with Crippen molar-refractivity contribution in [3.63, 3.8) is 0 Å². The van der Waals surface area contributed by atoms with E-state index in [0.717, 1.165) is 12.8 Å².